The average Bonchev–Trinajstić information content (AvgIpc) is 2.99. The highest BCUT2D eigenvalue weighted by Gasteiger charge is 2.09. The van der Waals surface area contributed by atoms with Gasteiger partial charge in [0.15, 0.2) is 0 Å². The second-order valence-electron chi connectivity index (χ2n) is 4.18. The molecule has 0 saturated heterocycles. The zero-order valence-electron chi connectivity index (χ0n) is 10.6. The van der Waals surface area contributed by atoms with Gasteiger partial charge < -0.3 is 5.32 Å². The van der Waals surface area contributed by atoms with Gasteiger partial charge in [0.2, 0.25) is 0 Å². The number of anilines is 1. The first-order valence-corrected chi connectivity index (χ1v) is 6.15. The molecule has 0 fully saturated rings. The number of benzene rings is 1. The summed E-state index contributed by atoms with van der Waals surface area (Å²) in [4.78, 5) is 16.1. The van der Waals surface area contributed by atoms with E-state index in [0.717, 1.165) is 5.69 Å². The Morgan fingerprint density at radius 1 is 1.05 bits per heavy atom. The molecular weight excluding hydrogens is 252 g/mol. The van der Waals surface area contributed by atoms with E-state index in [-0.39, 0.29) is 5.91 Å². The zero-order valence-corrected chi connectivity index (χ0v) is 10.6. The fraction of sp³-hybridized carbons (Fsp3) is 0. The molecule has 1 amide bonds. The van der Waals surface area contributed by atoms with Crippen molar-refractivity contribution in [1.29, 1.82) is 0 Å². The summed E-state index contributed by atoms with van der Waals surface area (Å²) >= 11 is 0. The third-order valence-electron chi connectivity index (χ3n) is 2.77. The Bertz CT molecular complexity index is 707. The highest BCUT2D eigenvalue weighted by molar-refractivity contribution is 6.03. The van der Waals surface area contributed by atoms with E-state index in [2.05, 4.69) is 15.4 Å². The van der Waals surface area contributed by atoms with Crippen LogP contribution in [-0.2, 0) is 0 Å². The summed E-state index contributed by atoms with van der Waals surface area (Å²) in [6.07, 6.45) is 4.85. The van der Waals surface area contributed by atoms with Crippen molar-refractivity contribution in [3.8, 4) is 5.69 Å². The fourth-order valence-corrected chi connectivity index (χ4v) is 1.79. The molecule has 0 saturated carbocycles. The van der Waals surface area contributed by atoms with Crippen LogP contribution >= 0.6 is 0 Å². The molecule has 20 heavy (non-hydrogen) atoms. The quantitative estimate of drug-likeness (QED) is 0.790. The highest BCUT2D eigenvalue weighted by Crippen LogP contribution is 2.09. The minimum absolute atomic E-state index is 0.231. The Morgan fingerprint density at radius 3 is 2.60 bits per heavy atom. The van der Waals surface area contributed by atoms with Gasteiger partial charge in [0, 0.05) is 12.4 Å². The second-order valence-corrected chi connectivity index (χ2v) is 4.18. The Balaban J connectivity index is 1.79. The van der Waals surface area contributed by atoms with Gasteiger partial charge in [-0.05, 0) is 24.3 Å². The summed E-state index contributed by atoms with van der Waals surface area (Å²) in [5.41, 5.74) is 1.39. The van der Waals surface area contributed by atoms with Gasteiger partial charge in [-0.1, -0.05) is 24.3 Å². The SMILES string of the molecule is O=C(Nc1ccccn1)c1cnn(-c2ccccc2)c1. The fourth-order valence-electron chi connectivity index (χ4n) is 1.79. The summed E-state index contributed by atoms with van der Waals surface area (Å²) in [5.74, 6) is 0.288. The molecule has 1 N–H and O–H groups in total. The molecule has 5 nitrogen and oxygen atoms in total. The smallest absolute Gasteiger partial charge is 0.260 e. The molecule has 0 aliphatic heterocycles. The highest BCUT2D eigenvalue weighted by atomic mass is 16.1. The van der Waals surface area contributed by atoms with Crippen molar-refractivity contribution in [2.24, 2.45) is 0 Å². The Kier molecular flexibility index (Phi) is 3.24. The second kappa shape index (κ2) is 5.36. The Labute approximate surface area is 115 Å². The van der Waals surface area contributed by atoms with Crippen molar-refractivity contribution in [3.63, 3.8) is 0 Å². The van der Waals surface area contributed by atoms with Crippen LogP contribution in [0.15, 0.2) is 67.1 Å². The van der Waals surface area contributed by atoms with Gasteiger partial charge in [0.05, 0.1) is 17.4 Å². The van der Waals surface area contributed by atoms with E-state index < -0.39 is 0 Å². The third-order valence-corrected chi connectivity index (χ3v) is 2.77. The van der Waals surface area contributed by atoms with Crippen molar-refractivity contribution in [2.45, 2.75) is 0 Å². The molecule has 3 aromatic rings. The molecule has 0 atom stereocenters. The standard InChI is InChI=1S/C15H12N4O/c20-15(18-14-8-4-5-9-16-14)12-10-17-19(11-12)13-6-2-1-3-7-13/h1-11H,(H,16,18,20). The summed E-state index contributed by atoms with van der Waals surface area (Å²) in [5, 5.41) is 6.90. The molecule has 0 unspecified atom stereocenters. The summed E-state index contributed by atoms with van der Waals surface area (Å²) in [6.45, 7) is 0. The van der Waals surface area contributed by atoms with E-state index in [9.17, 15) is 4.79 Å². The van der Waals surface area contributed by atoms with Gasteiger partial charge in [-0.15, -0.1) is 0 Å². The third kappa shape index (κ3) is 2.56. The number of para-hydroxylation sites is 1. The maximum Gasteiger partial charge on any atom is 0.260 e. The first-order chi connectivity index (χ1) is 9.83. The minimum Gasteiger partial charge on any atom is -0.306 e. The van der Waals surface area contributed by atoms with E-state index >= 15 is 0 Å². The number of rotatable bonds is 3. The van der Waals surface area contributed by atoms with Gasteiger partial charge >= 0.3 is 0 Å². The molecule has 0 bridgehead atoms. The van der Waals surface area contributed by atoms with Crippen LogP contribution in [0.1, 0.15) is 10.4 Å². The number of amides is 1. The molecule has 0 spiro atoms. The van der Waals surface area contributed by atoms with E-state index in [1.807, 2.05) is 36.4 Å². The maximum atomic E-state index is 12.1. The van der Waals surface area contributed by atoms with Crippen LogP contribution in [0, 0.1) is 0 Å². The Hall–Kier alpha value is -2.95. The number of aromatic nitrogens is 3. The van der Waals surface area contributed by atoms with E-state index in [0.29, 0.717) is 11.4 Å². The summed E-state index contributed by atoms with van der Waals surface area (Å²) in [7, 11) is 0. The van der Waals surface area contributed by atoms with Crippen molar-refractivity contribution < 1.29 is 4.79 Å². The van der Waals surface area contributed by atoms with Gasteiger partial charge in [-0.2, -0.15) is 5.10 Å². The van der Waals surface area contributed by atoms with Crippen LogP contribution < -0.4 is 5.32 Å². The summed E-state index contributed by atoms with van der Waals surface area (Å²) in [6, 6.07) is 15.0. The predicted octanol–water partition coefficient (Wildman–Crippen LogP) is 2.52. The lowest BCUT2D eigenvalue weighted by Crippen LogP contribution is -2.11. The number of carbonyl (C=O) groups excluding carboxylic acids is 1. The molecule has 0 aliphatic carbocycles. The van der Waals surface area contributed by atoms with Crippen molar-refractivity contribution in [1.82, 2.24) is 14.8 Å². The van der Waals surface area contributed by atoms with E-state index in [4.69, 9.17) is 0 Å². The number of nitrogens with one attached hydrogen (secondary N) is 1. The topological polar surface area (TPSA) is 59.8 Å². The van der Waals surface area contributed by atoms with Gasteiger partial charge in [0.1, 0.15) is 5.82 Å². The van der Waals surface area contributed by atoms with Crippen LogP contribution in [0.4, 0.5) is 5.82 Å². The molecule has 2 aromatic heterocycles. The largest absolute Gasteiger partial charge is 0.306 e. The lowest BCUT2D eigenvalue weighted by molar-refractivity contribution is 0.102. The molecule has 98 valence electrons. The maximum absolute atomic E-state index is 12.1. The number of hydrogen-bond acceptors (Lipinski definition) is 3. The summed E-state index contributed by atoms with van der Waals surface area (Å²) < 4.78 is 1.66. The van der Waals surface area contributed by atoms with Gasteiger partial charge in [-0.3, -0.25) is 4.79 Å². The van der Waals surface area contributed by atoms with Crippen molar-refractivity contribution in [3.05, 3.63) is 72.7 Å². The van der Waals surface area contributed by atoms with Crippen LogP contribution in [0.2, 0.25) is 0 Å². The molecule has 0 aliphatic rings. The first kappa shape index (κ1) is 12.1. The molecule has 2 heterocycles. The molecule has 5 heteroatoms. The molecule has 3 rings (SSSR count). The van der Waals surface area contributed by atoms with Crippen LogP contribution in [0.5, 0.6) is 0 Å². The van der Waals surface area contributed by atoms with Gasteiger partial charge in [-0.25, -0.2) is 9.67 Å². The van der Waals surface area contributed by atoms with Crippen molar-refractivity contribution >= 4 is 11.7 Å². The predicted molar refractivity (Wildman–Crippen MR) is 75.8 cm³/mol. The number of carbonyl (C=O) groups is 1. The number of hydrogen-bond donors (Lipinski definition) is 1. The van der Waals surface area contributed by atoms with E-state index in [1.54, 1.807) is 29.2 Å². The van der Waals surface area contributed by atoms with Crippen molar-refractivity contribution in [2.75, 3.05) is 5.32 Å². The average molecular weight is 264 g/mol. The molecular formula is C15H12N4O. The normalized spacial score (nSPS) is 10.2. The van der Waals surface area contributed by atoms with Crippen LogP contribution in [-0.4, -0.2) is 20.7 Å². The molecule has 1 aromatic carbocycles. The van der Waals surface area contributed by atoms with Gasteiger partial charge in [0.25, 0.3) is 5.91 Å². The van der Waals surface area contributed by atoms with Crippen LogP contribution in [0.25, 0.3) is 5.69 Å². The lowest BCUT2D eigenvalue weighted by Gasteiger charge is -2.01. The lowest BCUT2D eigenvalue weighted by atomic mass is 10.3. The monoisotopic (exact) mass is 264 g/mol. The van der Waals surface area contributed by atoms with E-state index in [1.165, 1.54) is 6.20 Å². The first-order valence-electron chi connectivity index (χ1n) is 6.15. The minimum atomic E-state index is -0.231. The van der Waals surface area contributed by atoms with Crippen LogP contribution in [0.3, 0.4) is 0 Å². The molecule has 0 radical (unpaired) electrons. The number of nitrogens with zero attached hydrogens (tertiary/aromatic N) is 3. The number of pyridine rings is 1. The Morgan fingerprint density at radius 2 is 1.85 bits per heavy atom. The zero-order chi connectivity index (χ0) is 13.8.